The van der Waals surface area contributed by atoms with Crippen molar-refractivity contribution in [2.75, 3.05) is 13.7 Å². The van der Waals surface area contributed by atoms with Gasteiger partial charge in [-0.15, -0.1) is 0 Å². The van der Waals surface area contributed by atoms with Gasteiger partial charge < -0.3 is 23.7 Å². The maximum atomic E-state index is 6.47. The molecule has 0 radical (unpaired) electrons. The molecule has 1 aliphatic heterocycles. The lowest BCUT2D eigenvalue weighted by molar-refractivity contribution is -0.296. The molecule has 5 heteroatoms. The largest absolute Gasteiger partial charge is 0.374 e. The molecule has 5 atom stereocenters. The van der Waals surface area contributed by atoms with Crippen molar-refractivity contribution in [2.45, 2.75) is 51.3 Å². The van der Waals surface area contributed by atoms with Gasteiger partial charge in [-0.25, -0.2) is 0 Å². The molecule has 1 heterocycles. The van der Waals surface area contributed by atoms with Gasteiger partial charge in [0.2, 0.25) is 0 Å². The summed E-state index contributed by atoms with van der Waals surface area (Å²) >= 11 is 0. The van der Waals surface area contributed by atoms with Gasteiger partial charge in [-0.05, 0) is 16.7 Å². The lowest BCUT2D eigenvalue weighted by atomic mass is 9.91. The van der Waals surface area contributed by atoms with Crippen LogP contribution in [0.15, 0.2) is 91.0 Å². The van der Waals surface area contributed by atoms with Crippen molar-refractivity contribution in [3.63, 3.8) is 0 Å². The van der Waals surface area contributed by atoms with Gasteiger partial charge in [-0.3, -0.25) is 0 Å². The van der Waals surface area contributed by atoms with Crippen LogP contribution in [0.5, 0.6) is 0 Å². The van der Waals surface area contributed by atoms with Crippen LogP contribution >= 0.6 is 0 Å². The molecule has 1 saturated heterocycles. The summed E-state index contributed by atoms with van der Waals surface area (Å²) in [6.45, 7) is 3.94. The van der Waals surface area contributed by atoms with E-state index in [0.29, 0.717) is 26.4 Å². The average molecular weight is 463 g/mol. The van der Waals surface area contributed by atoms with E-state index in [1.807, 2.05) is 54.6 Å². The third kappa shape index (κ3) is 6.75. The van der Waals surface area contributed by atoms with Gasteiger partial charge in [0.25, 0.3) is 0 Å². The Morgan fingerprint density at radius 1 is 0.647 bits per heavy atom. The van der Waals surface area contributed by atoms with Gasteiger partial charge >= 0.3 is 0 Å². The Hall–Kier alpha value is -2.54. The molecular weight excluding hydrogens is 428 g/mol. The number of methoxy groups -OCH3 is 1. The number of hydrogen-bond donors (Lipinski definition) is 0. The Kier molecular flexibility index (Phi) is 9.25. The average Bonchev–Trinajstić information content (AvgIpc) is 2.89. The number of hydrogen-bond acceptors (Lipinski definition) is 5. The molecule has 0 aliphatic carbocycles. The molecule has 1 fully saturated rings. The van der Waals surface area contributed by atoms with Crippen LogP contribution in [0.2, 0.25) is 0 Å². The van der Waals surface area contributed by atoms with Gasteiger partial charge in [0.15, 0.2) is 6.29 Å². The van der Waals surface area contributed by atoms with E-state index in [9.17, 15) is 0 Å². The van der Waals surface area contributed by atoms with Crippen LogP contribution in [0.3, 0.4) is 0 Å². The Balaban J connectivity index is 1.48. The van der Waals surface area contributed by atoms with Crippen molar-refractivity contribution in [3.05, 3.63) is 108 Å². The monoisotopic (exact) mass is 462 g/mol. The SMILES string of the molecule is COC1O[C@H](COCc2ccccc2)[C@@H](OCc2ccccc2)[C@H](OCc2ccccc2)[C@H]1C. The molecule has 5 nitrogen and oxygen atoms in total. The Morgan fingerprint density at radius 3 is 1.62 bits per heavy atom. The highest BCUT2D eigenvalue weighted by Crippen LogP contribution is 2.32. The summed E-state index contributed by atoms with van der Waals surface area (Å²) in [5.74, 6) is -0.0140. The standard InChI is InChI=1S/C29H34O5/c1-22-27(32-19-24-14-8-4-9-15-24)28(33-20-25-16-10-5-11-17-25)26(34-29(22)30-2)21-31-18-23-12-6-3-7-13-23/h3-17,22,26-29H,18-21H2,1-2H3/t22-,26-,27-,28-,29?/m1/s1. The molecule has 34 heavy (non-hydrogen) atoms. The first kappa shape index (κ1) is 24.6. The van der Waals surface area contributed by atoms with Gasteiger partial charge in [0.05, 0.1) is 32.5 Å². The van der Waals surface area contributed by atoms with Crippen LogP contribution in [-0.4, -0.2) is 38.3 Å². The zero-order chi connectivity index (χ0) is 23.6. The molecule has 0 amide bonds. The maximum absolute atomic E-state index is 6.47. The minimum absolute atomic E-state index is 0.0140. The molecule has 0 bridgehead atoms. The first-order chi connectivity index (χ1) is 16.7. The molecule has 3 aromatic carbocycles. The van der Waals surface area contributed by atoms with Crippen LogP contribution in [0.1, 0.15) is 23.6 Å². The van der Waals surface area contributed by atoms with E-state index < -0.39 is 6.29 Å². The van der Waals surface area contributed by atoms with Gasteiger partial charge in [-0.1, -0.05) is 97.9 Å². The first-order valence-corrected chi connectivity index (χ1v) is 11.9. The summed E-state index contributed by atoms with van der Waals surface area (Å²) in [5.41, 5.74) is 3.34. The maximum Gasteiger partial charge on any atom is 0.162 e. The molecule has 0 spiro atoms. The van der Waals surface area contributed by atoms with Crippen LogP contribution in [0, 0.1) is 5.92 Å². The fourth-order valence-electron chi connectivity index (χ4n) is 4.29. The van der Waals surface area contributed by atoms with Gasteiger partial charge in [-0.2, -0.15) is 0 Å². The van der Waals surface area contributed by atoms with Crippen molar-refractivity contribution in [3.8, 4) is 0 Å². The highest BCUT2D eigenvalue weighted by atomic mass is 16.7. The van der Waals surface area contributed by atoms with Crippen LogP contribution in [0.4, 0.5) is 0 Å². The smallest absolute Gasteiger partial charge is 0.162 e. The second-order valence-corrected chi connectivity index (χ2v) is 8.66. The number of benzene rings is 3. The minimum Gasteiger partial charge on any atom is -0.374 e. The summed E-state index contributed by atoms with van der Waals surface area (Å²) < 4.78 is 31.0. The predicted molar refractivity (Wildman–Crippen MR) is 131 cm³/mol. The van der Waals surface area contributed by atoms with Crippen molar-refractivity contribution >= 4 is 0 Å². The van der Waals surface area contributed by atoms with Crippen LogP contribution < -0.4 is 0 Å². The molecule has 1 unspecified atom stereocenters. The van der Waals surface area contributed by atoms with Gasteiger partial charge in [0.1, 0.15) is 12.2 Å². The highest BCUT2D eigenvalue weighted by Gasteiger charge is 2.45. The molecule has 180 valence electrons. The van der Waals surface area contributed by atoms with E-state index in [2.05, 4.69) is 43.3 Å². The van der Waals surface area contributed by atoms with E-state index in [-0.39, 0.29) is 24.2 Å². The zero-order valence-corrected chi connectivity index (χ0v) is 19.9. The predicted octanol–water partition coefficient (Wildman–Crippen LogP) is 5.38. The zero-order valence-electron chi connectivity index (χ0n) is 19.9. The molecule has 0 saturated carbocycles. The first-order valence-electron chi connectivity index (χ1n) is 11.9. The molecule has 1 aliphatic rings. The number of ether oxygens (including phenoxy) is 5. The van der Waals surface area contributed by atoms with Crippen molar-refractivity contribution in [1.82, 2.24) is 0 Å². The third-order valence-electron chi connectivity index (χ3n) is 6.14. The molecule has 0 N–H and O–H groups in total. The summed E-state index contributed by atoms with van der Waals surface area (Å²) in [6, 6.07) is 30.5. The summed E-state index contributed by atoms with van der Waals surface area (Å²) in [5, 5.41) is 0. The summed E-state index contributed by atoms with van der Waals surface area (Å²) in [4.78, 5) is 0. The van der Waals surface area contributed by atoms with E-state index in [4.69, 9.17) is 23.7 Å². The third-order valence-corrected chi connectivity index (χ3v) is 6.14. The van der Waals surface area contributed by atoms with E-state index >= 15 is 0 Å². The fraction of sp³-hybridized carbons (Fsp3) is 0.379. The lowest BCUT2D eigenvalue weighted by Gasteiger charge is -2.44. The quantitative estimate of drug-likeness (QED) is 0.383. The normalized spacial score (nSPS) is 24.7. The van der Waals surface area contributed by atoms with E-state index in [1.54, 1.807) is 7.11 Å². The van der Waals surface area contributed by atoms with E-state index in [1.165, 1.54) is 0 Å². The Bertz CT molecular complexity index is 950. The van der Waals surface area contributed by atoms with Gasteiger partial charge in [0, 0.05) is 13.0 Å². The second-order valence-electron chi connectivity index (χ2n) is 8.66. The second kappa shape index (κ2) is 12.8. The molecular formula is C29H34O5. The van der Waals surface area contributed by atoms with Crippen molar-refractivity contribution < 1.29 is 23.7 Å². The molecule has 4 rings (SSSR count). The minimum atomic E-state index is -0.400. The van der Waals surface area contributed by atoms with Crippen LogP contribution in [0.25, 0.3) is 0 Å². The Morgan fingerprint density at radius 2 is 1.12 bits per heavy atom. The topological polar surface area (TPSA) is 46.2 Å². The van der Waals surface area contributed by atoms with Crippen molar-refractivity contribution in [1.29, 1.82) is 0 Å². The van der Waals surface area contributed by atoms with Crippen molar-refractivity contribution in [2.24, 2.45) is 5.92 Å². The summed E-state index contributed by atoms with van der Waals surface area (Å²) in [7, 11) is 1.67. The lowest BCUT2D eigenvalue weighted by Crippen LogP contribution is -2.57. The molecule has 3 aromatic rings. The highest BCUT2D eigenvalue weighted by molar-refractivity contribution is 5.15. The fourth-order valence-corrected chi connectivity index (χ4v) is 4.29. The van der Waals surface area contributed by atoms with Crippen LogP contribution in [-0.2, 0) is 43.5 Å². The summed E-state index contributed by atoms with van der Waals surface area (Å²) in [6.07, 6.45) is -1.24. The Labute approximate surface area is 202 Å². The van der Waals surface area contributed by atoms with E-state index in [0.717, 1.165) is 16.7 Å². The molecule has 0 aromatic heterocycles. The number of rotatable bonds is 11.